The summed E-state index contributed by atoms with van der Waals surface area (Å²) in [5.74, 6) is 0.0984. The van der Waals surface area contributed by atoms with Crippen LogP contribution >= 0.6 is 0 Å². The summed E-state index contributed by atoms with van der Waals surface area (Å²) in [5.41, 5.74) is 0.895. The van der Waals surface area contributed by atoms with E-state index in [0.717, 1.165) is 6.42 Å². The number of aliphatic hydroxyl groups excluding tert-OH is 2. The number of fused-ring (bicyclic) bond motifs is 1. The van der Waals surface area contributed by atoms with Crippen molar-refractivity contribution in [3.8, 4) is 0 Å². The molecule has 2 fully saturated rings. The van der Waals surface area contributed by atoms with Crippen LogP contribution in [0, 0.1) is 0 Å². The van der Waals surface area contributed by atoms with Gasteiger partial charge in [-0.25, -0.2) is 19.7 Å². The highest BCUT2D eigenvalue weighted by molar-refractivity contribution is 5.82. The maximum absolute atomic E-state index is 11.9. The molecule has 2 aliphatic rings. The van der Waals surface area contributed by atoms with Crippen molar-refractivity contribution >= 4 is 29.0 Å². The normalized spacial score (nSPS) is 26.5. The minimum absolute atomic E-state index is 0.00641. The molecule has 5 atom stereocenters. The fourth-order valence-electron chi connectivity index (χ4n) is 3.79. The minimum atomic E-state index is -1.31. The Balaban J connectivity index is 1.35. The van der Waals surface area contributed by atoms with Gasteiger partial charge in [0.15, 0.2) is 23.2 Å². The van der Waals surface area contributed by atoms with Crippen molar-refractivity contribution in [2.24, 2.45) is 0 Å². The van der Waals surface area contributed by atoms with E-state index in [2.05, 4.69) is 25.6 Å². The summed E-state index contributed by atoms with van der Waals surface area (Å²) in [7, 11) is 0. The fraction of sp³-hybridized carbons (Fsp3) is 0.650. The van der Waals surface area contributed by atoms with Crippen LogP contribution in [0.3, 0.4) is 0 Å². The van der Waals surface area contributed by atoms with E-state index in [1.165, 1.54) is 17.2 Å². The summed E-state index contributed by atoms with van der Waals surface area (Å²) in [6.45, 7) is 2.93. The van der Waals surface area contributed by atoms with E-state index in [-0.39, 0.29) is 32.2 Å². The number of alkyl carbamates (subject to hydrolysis) is 1. The number of nitrogens with zero attached hydrogens (tertiary/aromatic N) is 4. The first kappa shape index (κ1) is 24.1. The second-order valence-corrected chi connectivity index (χ2v) is 7.88. The molecule has 2 aliphatic heterocycles. The van der Waals surface area contributed by atoms with Crippen molar-refractivity contribution in [3.05, 3.63) is 12.7 Å². The SMILES string of the molecule is CCOC(=O)CCNC(=O)OC[C@H]1OC(n2cnc3c(NC4CCOC4)ncnc32)C(O)[C@@H]1O. The summed E-state index contributed by atoms with van der Waals surface area (Å²) in [5, 5.41) is 26.7. The molecule has 0 spiro atoms. The van der Waals surface area contributed by atoms with E-state index in [0.29, 0.717) is 30.2 Å². The van der Waals surface area contributed by atoms with Crippen molar-refractivity contribution in [2.45, 2.75) is 50.3 Å². The van der Waals surface area contributed by atoms with E-state index in [1.807, 2.05) is 0 Å². The number of carbonyl (C=O) groups is 2. The summed E-state index contributed by atoms with van der Waals surface area (Å²) in [6, 6.07) is 0.114. The highest BCUT2D eigenvalue weighted by Crippen LogP contribution is 2.32. The van der Waals surface area contributed by atoms with Crippen LogP contribution in [-0.2, 0) is 23.7 Å². The Labute approximate surface area is 194 Å². The summed E-state index contributed by atoms with van der Waals surface area (Å²) in [4.78, 5) is 36.0. The molecule has 2 aromatic heterocycles. The molecule has 4 N–H and O–H groups in total. The molecule has 14 heteroatoms. The predicted octanol–water partition coefficient (Wildman–Crippen LogP) is -0.674. The van der Waals surface area contributed by atoms with Crippen LogP contribution in [0.2, 0.25) is 0 Å². The van der Waals surface area contributed by atoms with E-state index in [4.69, 9.17) is 18.9 Å². The zero-order valence-electron chi connectivity index (χ0n) is 18.6. The Kier molecular flexibility index (Phi) is 7.72. The monoisotopic (exact) mass is 480 g/mol. The maximum Gasteiger partial charge on any atom is 0.407 e. The lowest BCUT2D eigenvalue weighted by Gasteiger charge is -2.17. The molecule has 3 unspecified atom stereocenters. The van der Waals surface area contributed by atoms with Crippen molar-refractivity contribution in [1.82, 2.24) is 24.8 Å². The molecule has 4 heterocycles. The largest absolute Gasteiger partial charge is 0.466 e. The lowest BCUT2D eigenvalue weighted by Crippen LogP contribution is -2.36. The Bertz CT molecular complexity index is 997. The smallest absolute Gasteiger partial charge is 0.407 e. The third kappa shape index (κ3) is 5.35. The zero-order chi connectivity index (χ0) is 24.1. The van der Waals surface area contributed by atoms with Crippen LogP contribution in [0.25, 0.3) is 11.2 Å². The average molecular weight is 480 g/mol. The minimum Gasteiger partial charge on any atom is -0.466 e. The number of aromatic nitrogens is 4. The maximum atomic E-state index is 11.9. The van der Waals surface area contributed by atoms with Crippen LogP contribution < -0.4 is 10.6 Å². The van der Waals surface area contributed by atoms with E-state index in [1.54, 1.807) is 6.92 Å². The standard InChI is InChI=1S/C20H28N6O8/c1-2-32-13(27)3-5-21-20(30)33-8-12-15(28)16(29)19(34-12)26-10-24-14-17(22-9-23-18(14)26)25-11-4-6-31-7-11/h9-12,15-16,19,28-29H,2-8H2,1H3,(H,21,30)(H,22,23,25)/t11?,12-,15-,16?,19?/m1/s1. The molecule has 0 aliphatic carbocycles. The van der Waals surface area contributed by atoms with Crippen LogP contribution in [0.15, 0.2) is 12.7 Å². The first-order valence-electron chi connectivity index (χ1n) is 11.1. The second kappa shape index (κ2) is 10.9. The first-order chi connectivity index (χ1) is 16.5. The number of esters is 1. The van der Waals surface area contributed by atoms with Crippen molar-refractivity contribution < 1.29 is 38.7 Å². The fourth-order valence-corrected chi connectivity index (χ4v) is 3.79. The van der Waals surface area contributed by atoms with E-state index >= 15 is 0 Å². The number of aliphatic hydroxyl groups is 2. The molecule has 0 saturated carbocycles. The number of hydrogen-bond donors (Lipinski definition) is 4. The molecule has 34 heavy (non-hydrogen) atoms. The number of rotatable bonds is 9. The molecule has 1 amide bonds. The average Bonchev–Trinajstić information content (AvgIpc) is 3.54. The number of imidazole rings is 1. The van der Waals surface area contributed by atoms with Gasteiger partial charge in [-0.05, 0) is 13.3 Å². The Morgan fingerprint density at radius 2 is 2.09 bits per heavy atom. The van der Waals surface area contributed by atoms with Gasteiger partial charge in [-0.1, -0.05) is 0 Å². The molecule has 0 radical (unpaired) electrons. The van der Waals surface area contributed by atoms with Crippen LogP contribution in [0.1, 0.15) is 26.0 Å². The van der Waals surface area contributed by atoms with Crippen molar-refractivity contribution in [2.75, 3.05) is 38.3 Å². The van der Waals surface area contributed by atoms with Gasteiger partial charge in [0.05, 0.1) is 32.0 Å². The van der Waals surface area contributed by atoms with Gasteiger partial charge in [-0.15, -0.1) is 0 Å². The quantitative estimate of drug-likeness (QED) is 0.333. The Hall–Kier alpha value is -3.07. The summed E-state index contributed by atoms with van der Waals surface area (Å²) >= 11 is 0. The molecular formula is C20H28N6O8. The predicted molar refractivity (Wildman–Crippen MR) is 115 cm³/mol. The molecule has 4 rings (SSSR count). The van der Waals surface area contributed by atoms with E-state index < -0.39 is 36.6 Å². The summed E-state index contributed by atoms with van der Waals surface area (Å²) < 4.78 is 22.5. The first-order valence-corrected chi connectivity index (χ1v) is 11.1. The number of ether oxygens (including phenoxy) is 4. The van der Waals surface area contributed by atoms with Crippen LogP contribution in [0.4, 0.5) is 10.6 Å². The number of anilines is 1. The number of amides is 1. The molecule has 0 bridgehead atoms. The van der Waals surface area contributed by atoms with Gasteiger partial charge in [-0.3, -0.25) is 9.36 Å². The van der Waals surface area contributed by atoms with Crippen molar-refractivity contribution in [3.63, 3.8) is 0 Å². The Morgan fingerprint density at radius 3 is 2.85 bits per heavy atom. The third-order valence-corrected chi connectivity index (χ3v) is 5.52. The molecule has 2 saturated heterocycles. The van der Waals surface area contributed by atoms with Gasteiger partial charge in [0.1, 0.15) is 31.2 Å². The van der Waals surface area contributed by atoms with Crippen LogP contribution in [-0.4, -0.2) is 99.1 Å². The van der Waals surface area contributed by atoms with Gasteiger partial charge in [0.2, 0.25) is 0 Å². The highest BCUT2D eigenvalue weighted by atomic mass is 16.6. The van der Waals surface area contributed by atoms with Crippen LogP contribution in [0.5, 0.6) is 0 Å². The molecule has 14 nitrogen and oxygen atoms in total. The van der Waals surface area contributed by atoms with Gasteiger partial charge >= 0.3 is 12.1 Å². The lowest BCUT2D eigenvalue weighted by atomic mass is 10.1. The topological polar surface area (TPSA) is 179 Å². The number of carbonyl (C=O) groups excluding carboxylic acids is 2. The lowest BCUT2D eigenvalue weighted by molar-refractivity contribution is -0.142. The summed E-state index contributed by atoms with van der Waals surface area (Å²) in [6.07, 6.45) is -1.73. The zero-order valence-corrected chi connectivity index (χ0v) is 18.6. The highest BCUT2D eigenvalue weighted by Gasteiger charge is 2.45. The van der Waals surface area contributed by atoms with E-state index in [9.17, 15) is 19.8 Å². The second-order valence-electron chi connectivity index (χ2n) is 7.88. The Morgan fingerprint density at radius 1 is 1.24 bits per heavy atom. The molecule has 0 aromatic carbocycles. The van der Waals surface area contributed by atoms with Gasteiger partial charge in [0, 0.05) is 13.2 Å². The van der Waals surface area contributed by atoms with Gasteiger partial charge in [-0.2, -0.15) is 0 Å². The molecular weight excluding hydrogens is 452 g/mol. The molecule has 2 aromatic rings. The third-order valence-electron chi connectivity index (χ3n) is 5.52. The molecule has 186 valence electrons. The van der Waals surface area contributed by atoms with Gasteiger partial charge < -0.3 is 39.8 Å². The number of nitrogens with one attached hydrogen (secondary N) is 2. The van der Waals surface area contributed by atoms with Crippen molar-refractivity contribution in [1.29, 1.82) is 0 Å². The van der Waals surface area contributed by atoms with Gasteiger partial charge in [0.25, 0.3) is 0 Å². The number of hydrogen-bond acceptors (Lipinski definition) is 12.